The van der Waals surface area contributed by atoms with Crippen molar-refractivity contribution in [3.8, 4) is 0 Å². The van der Waals surface area contributed by atoms with Crippen LogP contribution >= 0.6 is 11.8 Å². The van der Waals surface area contributed by atoms with E-state index in [0.717, 1.165) is 53.7 Å². The predicted octanol–water partition coefficient (Wildman–Crippen LogP) is 1.41. The van der Waals surface area contributed by atoms with Gasteiger partial charge in [-0.25, -0.2) is 0 Å². The van der Waals surface area contributed by atoms with Crippen molar-refractivity contribution in [3.63, 3.8) is 0 Å². The van der Waals surface area contributed by atoms with Crippen LogP contribution in [0.25, 0.3) is 0 Å². The molecule has 2 aromatic rings. The van der Waals surface area contributed by atoms with Crippen molar-refractivity contribution in [3.05, 3.63) is 71.3 Å². The van der Waals surface area contributed by atoms with Gasteiger partial charge in [0.1, 0.15) is 42.3 Å². The van der Waals surface area contributed by atoms with Crippen molar-refractivity contribution >= 4 is 65.0 Å². The molecule has 0 aromatic heterocycles. The van der Waals surface area contributed by atoms with Crippen molar-refractivity contribution < 1.29 is 43.5 Å². The number of primary amides is 1. The number of hydrogen-bond donors (Lipinski definition) is 8. The third kappa shape index (κ3) is 16.1. The van der Waals surface area contributed by atoms with Gasteiger partial charge in [0.2, 0.25) is 47.3 Å². The van der Waals surface area contributed by atoms with Crippen LogP contribution in [-0.2, 0) is 51.3 Å². The third-order valence-corrected chi connectivity index (χ3v) is 15.1. The highest BCUT2D eigenvalue weighted by atomic mass is 32.2. The van der Waals surface area contributed by atoms with Crippen molar-refractivity contribution in [2.24, 2.45) is 34.0 Å². The number of aliphatic hydroxyl groups excluding tert-OH is 1. The number of likely N-dealkylation sites (tertiary alicyclic amines) is 1. The third-order valence-electron chi connectivity index (χ3n) is 14.4. The number of guanidine groups is 1. The second kappa shape index (κ2) is 28.5. The van der Waals surface area contributed by atoms with E-state index in [9.17, 15) is 33.9 Å². The number of aliphatic imine (C=N–C) groups is 1. The lowest BCUT2D eigenvalue weighted by Gasteiger charge is -2.39. The minimum atomic E-state index is -1.48. The van der Waals surface area contributed by atoms with Gasteiger partial charge in [0.05, 0.1) is 6.61 Å². The number of amides is 8. The Bertz CT molecular complexity index is 2290. The molecule has 11 N–H and O–H groups in total. The average molecular weight is 1050 g/mol. The van der Waals surface area contributed by atoms with E-state index in [1.807, 2.05) is 74.7 Å². The van der Waals surface area contributed by atoms with E-state index >= 15 is 9.59 Å². The van der Waals surface area contributed by atoms with Gasteiger partial charge in [-0.2, -0.15) is 11.8 Å². The van der Waals surface area contributed by atoms with Gasteiger partial charge in [-0.3, -0.25) is 43.3 Å². The zero-order valence-corrected chi connectivity index (χ0v) is 44.4. The molecule has 2 fully saturated rings. The maximum atomic E-state index is 15.1. The number of carbonyl (C=O) groups is 8. The number of hydrogen-bond acceptors (Lipinski definition) is 11. The number of nitrogens with one attached hydrogen (secondary N) is 4. The van der Waals surface area contributed by atoms with Gasteiger partial charge in [-0.15, -0.1) is 0 Å². The van der Waals surface area contributed by atoms with Gasteiger partial charge >= 0.3 is 0 Å². The number of benzene rings is 2. The first kappa shape index (κ1) is 58.7. The van der Waals surface area contributed by atoms with Crippen molar-refractivity contribution in [1.29, 1.82) is 0 Å². The molecule has 1 saturated carbocycles. The monoisotopic (exact) mass is 1050 g/mol. The topological polar surface area (TPSA) is 305 Å². The zero-order valence-electron chi connectivity index (χ0n) is 43.6. The van der Waals surface area contributed by atoms with Crippen molar-refractivity contribution in [2.75, 3.05) is 38.8 Å². The fraction of sp³-hybridized carbons (Fsp3) is 0.604. The van der Waals surface area contributed by atoms with Gasteiger partial charge in [0.25, 0.3) is 0 Å². The van der Waals surface area contributed by atoms with Gasteiger partial charge in [-0.1, -0.05) is 101 Å². The summed E-state index contributed by atoms with van der Waals surface area (Å²) in [7, 11) is 1.39. The fourth-order valence-corrected chi connectivity index (χ4v) is 11.1. The van der Waals surface area contributed by atoms with Crippen LogP contribution in [0.2, 0.25) is 0 Å². The molecule has 2 aromatic carbocycles. The Labute approximate surface area is 439 Å². The van der Waals surface area contributed by atoms with E-state index in [1.54, 1.807) is 0 Å². The lowest BCUT2D eigenvalue weighted by atomic mass is 9.84. The zero-order chi connectivity index (χ0) is 54.1. The number of nitrogens with two attached hydrogens (primary N) is 3. The molecule has 0 radical (unpaired) electrons. The smallest absolute Gasteiger partial charge is 0.247 e. The van der Waals surface area contributed by atoms with E-state index in [0.29, 0.717) is 25.0 Å². The van der Waals surface area contributed by atoms with Gasteiger partial charge in [0, 0.05) is 45.9 Å². The van der Waals surface area contributed by atoms with Crippen LogP contribution in [-0.4, -0.2) is 154 Å². The molecule has 3 aliphatic rings. The van der Waals surface area contributed by atoms with E-state index < -0.39 is 96.2 Å². The molecule has 8 amide bonds. The normalized spacial score (nSPS) is 19.7. The molecule has 0 bridgehead atoms. The lowest BCUT2D eigenvalue weighted by Crippen LogP contribution is -2.62. The Hall–Kier alpha value is -6.22. The van der Waals surface area contributed by atoms with Gasteiger partial charge in [0.15, 0.2) is 5.96 Å². The average Bonchev–Trinajstić information content (AvgIpc) is 3.83. The number of likely N-dealkylation sites (N-methyl/N-ethyl adjacent to an activating group) is 1. The minimum Gasteiger partial charge on any atom is -0.394 e. The summed E-state index contributed by atoms with van der Waals surface area (Å²) in [5, 5.41) is 21.9. The first-order chi connectivity index (χ1) is 35.3. The molecule has 21 heteroatoms. The van der Waals surface area contributed by atoms with Gasteiger partial charge in [-0.05, 0) is 79.1 Å². The number of aliphatic hydroxyl groups is 1. The molecule has 20 nitrogen and oxygen atoms in total. The number of rotatable bonds is 25. The molecular formula is C53H79N11O9S. The second-order valence-electron chi connectivity index (χ2n) is 20.3. The van der Waals surface area contributed by atoms with Crippen LogP contribution < -0.4 is 38.5 Å². The summed E-state index contributed by atoms with van der Waals surface area (Å²) in [6, 6.07) is 8.55. The Morgan fingerprint density at radius 3 is 2.04 bits per heavy atom. The number of nitrogens with zero attached hydrogens (tertiary/aromatic N) is 4. The van der Waals surface area contributed by atoms with Crippen molar-refractivity contribution in [2.45, 2.75) is 153 Å². The van der Waals surface area contributed by atoms with Gasteiger partial charge < -0.3 is 58.3 Å². The molecule has 2 heterocycles. The van der Waals surface area contributed by atoms with Crippen LogP contribution in [0.5, 0.6) is 0 Å². The summed E-state index contributed by atoms with van der Waals surface area (Å²) in [4.78, 5) is 121. The molecule has 0 spiro atoms. The largest absolute Gasteiger partial charge is 0.394 e. The summed E-state index contributed by atoms with van der Waals surface area (Å²) in [6.07, 6.45) is 8.54. The van der Waals surface area contributed by atoms with E-state index in [1.165, 1.54) is 35.5 Å². The van der Waals surface area contributed by atoms with Crippen LogP contribution in [0.3, 0.4) is 0 Å². The van der Waals surface area contributed by atoms with Crippen LogP contribution in [0.15, 0.2) is 59.6 Å². The van der Waals surface area contributed by atoms with E-state index in [2.05, 4.69) is 26.3 Å². The second-order valence-corrected chi connectivity index (χ2v) is 21.3. The van der Waals surface area contributed by atoms with Crippen LogP contribution in [0.4, 0.5) is 0 Å². The first-order valence-corrected chi connectivity index (χ1v) is 27.4. The molecule has 8 atom stereocenters. The van der Waals surface area contributed by atoms with Crippen molar-refractivity contribution in [1.82, 2.24) is 36.0 Å². The highest BCUT2D eigenvalue weighted by Crippen LogP contribution is 2.35. The Morgan fingerprint density at radius 1 is 0.784 bits per heavy atom. The summed E-state index contributed by atoms with van der Waals surface area (Å²) in [5.41, 5.74) is 19.3. The van der Waals surface area contributed by atoms with Crippen LogP contribution in [0.1, 0.15) is 114 Å². The highest BCUT2D eigenvalue weighted by molar-refractivity contribution is 7.98. The summed E-state index contributed by atoms with van der Waals surface area (Å²) >= 11 is 1.46. The number of fused-ring (bicyclic) bond motifs is 1. The SMILES string of the molecule is CSCC[C@@H](NC(=O)[C@H]1Cc2ccccc2CN1C(=O)[C@H](CCCN=C(N)N)NC(=O)[C@H](CC1CCCCC1)NC(C)=O)C(=O)N1CCC(c2ccccc2)[C@@H]1C(=O)N[C@@H](CO)C(=O)N(C)[C@@H](CC(C)C)C(N)=O. The first-order valence-electron chi connectivity index (χ1n) is 26.0. The molecule has 1 saturated heterocycles. The Balaban J connectivity index is 1.45. The summed E-state index contributed by atoms with van der Waals surface area (Å²) in [6.45, 7) is 4.57. The molecule has 406 valence electrons. The number of carbonyl (C=O) groups excluding carboxylic acids is 8. The molecule has 1 aliphatic carbocycles. The van der Waals surface area contributed by atoms with E-state index in [-0.39, 0.29) is 69.0 Å². The number of thioether (sulfide) groups is 1. The fourth-order valence-electron chi connectivity index (χ4n) is 10.6. The summed E-state index contributed by atoms with van der Waals surface area (Å²) < 4.78 is 0. The predicted molar refractivity (Wildman–Crippen MR) is 284 cm³/mol. The Morgan fingerprint density at radius 2 is 1.42 bits per heavy atom. The standard InChI is InChI=1S/C53H79N11O9S/c1-32(2)27-43(46(54)67)62(4)50(71)42(31-65)61-49(70)45-38(35-17-10-7-11-18-35)22-25-63(45)51(72)40(23-26-74-5)60-48(69)44-29-36-19-12-13-20-37(36)30-64(44)52(73)39(21-14-24-57-53(55)56)59-47(68)41(58-33(3)66)28-34-15-8-6-9-16-34/h7,10-13,17-20,32,34,38-45,65H,6,8-9,14-16,21-31H2,1-5H3,(H2,54,67)(H,58,66)(H,59,68)(H,60,69)(H,61,70)(H4,55,56,57)/t38?,39-,40+,41-,42-,43-,44+,45+/m0/s1. The maximum Gasteiger partial charge on any atom is 0.247 e. The van der Waals surface area contributed by atoms with Crippen LogP contribution in [0, 0.1) is 11.8 Å². The summed E-state index contributed by atoms with van der Waals surface area (Å²) in [5.74, 6) is -4.84. The Kier molecular flexibility index (Phi) is 22.6. The lowest BCUT2D eigenvalue weighted by molar-refractivity contribution is -0.147. The highest BCUT2D eigenvalue weighted by Gasteiger charge is 2.47. The molecule has 1 unspecified atom stereocenters. The molecule has 74 heavy (non-hydrogen) atoms. The molecule has 2 aliphatic heterocycles. The van der Waals surface area contributed by atoms with E-state index in [4.69, 9.17) is 17.2 Å². The quantitative estimate of drug-likeness (QED) is 0.0398. The minimum absolute atomic E-state index is 0.00481. The molecular weight excluding hydrogens is 967 g/mol. The molecule has 5 rings (SSSR count). The maximum absolute atomic E-state index is 15.1.